The number of carbonyl (C=O) groups is 1. The van der Waals surface area contributed by atoms with E-state index in [0.717, 1.165) is 24.2 Å². The predicted molar refractivity (Wildman–Crippen MR) is 78.5 cm³/mol. The number of nitrogens with zero attached hydrogens (tertiary/aromatic N) is 2. The molecular formula is C13H14ClN3O2S. The fourth-order valence-corrected chi connectivity index (χ4v) is 2.55. The summed E-state index contributed by atoms with van der Waals surface area (Å²) in [7, 11) is 0. The minimum atomic E-state index is -0.270. The second-order valence-corrected chi connectivity index (χ2v) is 5.58. The minimum Gasteiger partial charge on any atom is -0.411 e. The molecule has 0 atom stereocenters. The highest BCUT2D eigenvalue weighted by atomic mass is 35.5. The zero-order valence-electron chi connectivity index (χ0n) is 10.7. The van der Waals surface area contributed by atoms with Gasteiger partial charge in [0.1, 0.15) is 0 Å². The Kier molecular flexibility index (Phi) is 5.43. The third-order valence-corrected chi connectivity index (χ3v) is 3.79. The largest absolute Gasteiger partial charge is 0.411 e. The first-order chi connectivity index (χ1) is 9.66. The number of hydrogen-bond donors (Lipinski definition) is 1. The molecule has 106 valence electrons. The van der Waals surface area contributed by atoms with E-state index < -0.39 is 0 Å². The maximum absolute atomic E-state index is 10.6. The summed E-state index contributed by atoms with van der Waals surface area (Å²) >= 11 is 7.52. The van der Waals surface area contributed by atoms with Gasteiger partial charge in [-0.3, -0.25) is 4.79 Å². The molecule has 2 N–H and O–H groups in total. The van der Waals surface area contributed by atoms with Gasteiger partial charge in [-0.15, -0.1) is 10.2 Å². The van der Waals surface area contributed by atoms with Gasteiger partial charge < -0.3 is 10.2 Å². The Morgan fingerprint density at radius 1 is 1.30 bits per heavy atom. The quantitative estimate of drug-likeness (QED) is 0.627. The lowest BCUT2D eigenvalue weighted by Gasteiger charge is -1.97. The summed E-state index contributed by atoms with van der Waals surface area (Å²) in [5.74, 6) is 0.946. The zero-order chi connectivity index (χ0) is 14.4. The minimum absolute atomic E-state index is 0.270. The third-order valence-electron chi connectivity index (χ3n) is 2.55. The molecule has 0 unspecified atom stereocenters. The van der Waals surface area contributed by atoms with Crippen molar-refractivity contribution >= 4 is 29.3 Å². The van der Waals surface area contributed by atoms with Gasteiger partial charge in [-0.1, -0.05) is 35.5 Å². The third kappa shape index (κ3) is 4.25. The topological polar surface area (TPSA) is 82.0 Å². The second kappa shape index (κ2) is 7.31. The van der Waals surface area contributed by atoms with E-state index >= 15 is 0 Å². The lowest BCUT2D eigenvalue weighted by atomic mass is 10.2. The van der Waals surface area contributed by atoms with Gasteiger partial charge >= 0.3 is 0 Å². The number of carbonyl (C=O) groups excluding carboxylic acids is 1. The van der Waals surface area contributed by atoms with E-state index in [-0.39, 0.29) is 5.91 Å². The van der Waals surface area contributed by atoms with Crippen molar-refractivity contribution in [2.24, 2.45) is 5.73 Å². The fourth-order valence-electron chi connectivity index (χ4n) is 1.57. The first-order valence-electron chi connectivity index (χ1n) is 6.16. The molecule has 0 fully saturated rings. The van der Waals surface area contributed by atoms with Crippen LogP contribution in [0.1, 0.15) is 19.3 Å². The maximum atomic E-state index is 10.6. The van der Waals surface area contributed by atoms with Crippen molar-refractivity contribution in [3.63, 3.8) is 0 Å². The Balaban J connectivity index is 1.87. The SMILES string of the molecule is NC(=O)CCCCSc1nnc(-c2ccccc2Cl)o1. The van der Waals surface area contributed by atoms with E-state index in [2.05, 4.69) is 10.2 Å². The Labute approximate surface area is 125 Å². The number of rotatable bonds is 7. The van der Waals surface area contributed by atoms with Gasteiger partial charge in [0, 0.05) is 12.2 Å². The van der Waals surface area contributed by atoms with Crippen molar-refractivity contribution in [3.05, 3.63) is 29.3 Å². The van der Waals surface area contributed by atoms with Crippen LogP contribution >= 0.6 is 23.4 Å². The molecule has 0 radical (unpaired) electrons. The van der Waals surface area contributed by atoms with E-state index in [1.807, 2.05) is 18.2 Å². The van der Waals surface area contributed by atoms with Crippen LogP contribution in [0.4, 0.5) is 0 Å². The standard InChI is InChI=1S/C13H14ClN3O2S/c14-10-6-2-1-5-9(10)12-16-17-13(19-12)20-8-4-3-7-11(15)18/h1-2,5-6H,3-4,7-8H2,(H2,15,18). The van der Waals surface area contributed by atoms with Crippen LogP contribution in [0.3, 0.4) is 0 Å². The molecule has 1 heterocycles. The fraction of sp³-hybridized carbons (Fsp3) is 0.308. The average molecular weight is 312 g/mol. The molecule has 0 aliphatic rings. The van der Waals surface area contributed by atoms with Gasteiger partial charge in [-0.25, -0.2) is 0 Å². The lowest BCUT2D eigenvalue weighted by Crippen LogP contribution is -2.09. The molecule has 0 aliphatic heterocycles. The van der Waals surface area contributed by atoms with Gasteiger partial charge in [0.15, 0.2) is 0 Å². The smallest absolute Gasteiger partial charge is 0.276 e. The summed E-state index contributed by atoms with van der Waals surface area (Å²) in [4.78, 5) is 10.6. The zero-order valence-corrected chi connectivity index (χ0v) is 12.3. The van der Waals surface area contributed by atoms with Gasteiger partial charge in [-0.05, 0) is 25.0 Å². The lowest BCUT2D eigenvalue weighted by molar-refractivity contribution is -0.118. The van der Waals surface area contributed by atoms with E-state index in [9.17, 15) is 4.79 Å². The molecule has 1 amide bonds. The van der Waals surface area contributed by atoms with Gasteiger partial charge in [0.05, 0.1) is 10.6 Å². The molecule has 2 rings (SSSR count). The van der Waals surface area contributed by atoms with E-state index in [0.29, 0.717) is 22.6 Å². The van der Waals surface area contributed by atoms with E-state index in [4.69, 9.17) is 21.8 Å². The first kappa shape index (κ1) is 14.9. The van der Waals surface area contributed by atoms with E-state index in [1.165, 1.54) is 11.8 Å². The molecule has 5 nitrogen and oxygen atoms in total. The number of amides is 1. The molecule has 1 aromatic heterocycles. The normalized spacial score (nSPS) is 10.7. The second-order valence-electron chi connectivity index (χ2n) is 4.12. The van der Waals surface area contributed by atoms with Crippen LogP contribution in [0.2, 0.25) is 5.02 Å². The molecule has 0 saturated carbocycles. The van der Waals surface area contributed by atoms with Crippen LogP contribution in [0.5, 0.6) is 0 Å². The Morgan fingerprint density at radius 3 is 2.85 bits per heavy atom. The molecule has 0 aliphatic carbocycles. The van der Waals surface area contributed by atoms with Gasteiger partial charge in [0.2, 0.25) is 11.8 Å². The number of aromatic nitrogens is 2. The average Bonchev–Trinajstić information content (AvgIpc) is 2.87. The molecule has 0 saturated heterocycles. The van der Waals surface area contributed by atoms with Crippen LogP contribution < -0.4 is 5.73 Å². The van der Waals surface area contributed by atoms with Crippen molar-refractivity contribution < 1.29 is 9.21 Å². The summed E-state index contributed by atoms with van der Waals surface area (Å²) in [6.45, 7) is 0. The number of unbranched alkanes of at least 4 members (excludes halogenated alkanes) is 1. The molecule has 2 aromatic rings. The molecule has 1 aromatic carbocycles. The summed E-state index contributed by atoms with van der Waals surface area (Å²) < 4.78 is 5.54. The Morgan fingerprint density at radius 2 is 2.10 bits per heavy atom. The number of primary amides is 1. The highest BCUT2D eigenvalue weighted by molar-refractivity contribution is 7.99. The summed E-state index contributed by atoms with van der Waals surface area (Å²) in [6, 6.07) is 7.31. The Hall–Kier alpha value is -1.53. The highest BCUT2D eigenvalue weighted by Gasteiger charge is 2.11. The van der Waals surface area contributed by atoms with Crippen molar-refractivity contribution in [2.45, 2.75) is 24.5 Å². The number of nitrogens with two attached hydrogens (primary N) is 1. The Bertz CT molecular complexity index is 589. The van der Waals surface area contributed by atoms with Crippen molar-refractivity contribution in [1.82, 2.24) is 10.2 Å². The number of thioether (sulfide) groups is 1. The van der Waals surface area contributed by atoms with Crippen molar-refractivity contribution in [3.8, 4) is 11.5 Å². The van der Waals surface area contributed by atoms with Crippen LogP contribution in [0.15, 0.2) is 33.9 Å². The van der Waals surface area contributed by atoms with Crippen molar-refractivity contribution in [2.75, 3.05) is 5.75 Å². The monoisotopic (exact) mass is 311 g/mol. The number of benzene rings is 1. The van der Waals surface area contributed by atoms with E-state index in [1.54, 1.807) is 6.07 Å². The predicted octanol–water partition coefficient (Wildman–Crippen LogP) is 3.14. The molecule has 0 spiro atoms. The summed E-state index contributed by atoms with van der Waals surface area (Å²) in [6.07, 6.45) is 2.06. The van der Waals surface area contributed by atoms with Crippen molar-refractivity contribution in [1.29, 1.82) is 0 Å². The van der Waals surface area contributed by atoms with Crippen LogP contribution in [-0.4, -0.2) is 21.9 Å². The number of hydrogen-bond acceptors (Lipinski definition) is 5. The molecule has 20 heavy (non-hydrogen) atoms. The molecular weight excluding hydrogens is 298 g/mol. The van der Waals surface area contributed by atoms with Gasteiger partial charge in [-0.2, -0.15) is 0 Å². The van der Waals surface area contributed by atoms with Crippen LogP contribution in [0.25, 0.3) is 11.5 Å². The molecule has 7 heteroatoms. The van der Waals surface area contributed by atoms with Crippen LogP contribution in [0, 0.1) is 0 Å². The van der Waals surface area contributed by atoms with Gasteiger partial charge in [0.25, 0.3) is 5.22 Å². The van der Waals surface area contributed by atoms with Crippen LogP contribution in [-0.2, 0) is 4.79 Å². The number of halogens is 1. The summed E-state index contributed by atoms with van der Waals surface area (Å²) in [5, 5.41) is 9.02. The first-order valence-corrected chi connectivity index (χ1v) is 7.52. The molecule has 0 bridgehead atoms. The summed E-state index contributed by atoms with van der Waals surface area (Å²) in [5.41, 5.74) is 5.79. The highest BCUT2D eigenvalue weighted by Crippen LogP contribution is 2.28. The maximum Gasteiger partial charge on any atom is 0.276 e.